The molecule has 0 aromatic heterocycles. The van der Waals surface area contributed by atoms with E-state index in [1.807, 2.05) is 24.3 Å². The SMILES string of the molecule is C[C@@H]1CC[C@H]2C(=O)N(c3ccc(Br)cc3)C(=O)[C@H]2C1. The molecule has 0 radical (unpaired) electrons. The van der Waals surface area contributed by atoms with E-state index in [1.165, 1.54) is 4.90 Å². The molecular formula is C15H16BrNO2. The zero-order chi connectivity index (χ0) is 13.6. The van der Waals surface area contributed by atoms with Gasteiger partial charge in [-0.1, -0.05) is 22.9 Å². The van der Waals surface area contributed by atoms with Gasteiger partial charge < -0.3 is 0 Å². The van der Waals surface area contributed by atoms with Gasteiger partial charge in [0.1, 0.15) is 0 Å². The highest BCUT2D eigenvalue weighted by atomic mass is 79.9. The van der Waals surface area contributed by atoms with Crippen molar-refractivity contribution < 1.29 is 9.59 Å². The molecule has 0 N–H and O–H groups in total. The summed E-state index contributed by atoms with van der Waals surface area (Å²) in [5.41, 5.74) is 0.695. The molecule has 2 amide bonds. The van der Waals surface area contributed by atoms with E-state index < -0.39 is 0 Å². The third-order valence-electron chi connectivity index (χ3n) is 4.27. The van der Waals surface area contributed by atoms with Crippen molar-refractivity contribution >= 4 is 33.4 Å². The van der Waals surface area contributed by atoms with Gasteiger partial charge in [-0.05, 0) is 49.4 Å². The van der Waals surface area contributed by atoms with Crippen molar-refractivity contribution in [3.05, 3.63) is 28.7 Å². The molecule has 1 heterocycles. The van der Waals surface area contributed by atoms with Crippen LogP contribution in [-0.2, 0) is 9.59 Å². The second-order valence-electron chi connectivity index (χ2n) is 5.62. The predicted molar refractivity (Wildman–Crippen MR) is 76.6 cm³/mol. The van der Waals surface area contributed by atoms with E-state index in [2.05, 4.69) is 22.9 Å². The van der Waals surface area contributed by atoms with E-state index in [0.29, 0.717) is 11.6 Å². The lowest BCUT2D eigenvalue weighted by Crippen LogP contribution is -2.30. The van der Waals surface area contributed by atoms with Gasteiger partial charge in [-0.3, -0.25) is 14.5 Å². The Bertz CT molecular complexity index is 525. The Hall–Kier alpha value is -1.16. The van der Waals surface area contributed by atoms with Crippen molar-refractivity contribution in [2.24, 2.45) is 17.8 Å². The number of carbonyl (C=O) groups is 2. The Morgan fingerprint density at radius 2 is 1.68 bits per heavy atom. The number of halogens is 1. The summed E-state index contributed by atoms with van der Waals surface area (Å²) in [6.45, 7) is 2.16. The summed E-state index contributed by atoms with van der Waals surface area (Å²) < 4.78 is 0.946. The number of rotatable bonds is 1. The summed E-state index contributed by atoms with van der Waals surface area (Å²) in [5, 5.41) is 0. The first kappa shape index (κ1) is 12.9. The summed E-state index contributed by atoms with van der Waals surface area (Å²) in [4.78, 5) is 26.3. The van der Waals surface area contributed by atoms with Gasteiger partial charge in [-0.2, -0.15) is 0 Å². The molecule has 4 heteroatoms. The monoisotopic (exact) mass is 321 g/mol. The van der Waals surface area contributed by atoms with Crippen LogP contribution in [0.4, 0.5) is 5.69 Å². The molecule has 3 atom stereocenters. The molecule has 0 unspecified atom stereocenters. The van der Waals surface area contributed by atoms with Crippen molar-refractivity contribution in [3.63, 3.8) is 0 Å². The summed E-state index contributed by atoms with van der Waals surface area (Å²) in [6.07, 6.45) is 2.75. The topological polar surface area (TPSA) is 37.4 Å². The number of amides is 2. The Morgan fingerprint density at radius 1 is 1.05 bits per heavy atom. The van der Waals surface area contributed by atoms with E-state index in [9.17, 15) is 9.59 Å². The first-order chi connectivity index (χ1) is 9.08. The lowest BCUT2D eigenvalue weighted by Gasteiger charge is -2.25. The van der Waals surface area contributed by atoms with Gasteiger partial charge in [0.05, 0.1) is 17.5 Å². The van der Waals surface area contributed by atoms with Gasteiger partial charge in [0.25, 0.3) is 0 Å². The largest absolute Gasteiger partial charge is 0.274 e. The van der Waals surface area contributed by atoms with Gasteiger partial charge in [0, 0.05) is 4.47 Å². The first-order valence-corrected chi connectivity index (χ1v) is 7.50. The van der Waals surface area contributed by atoms with Crippen molar-refractivity contribution in [1.29, 1.82) is 0 Å². The number of carbonyl (C=O) groups excluding carboxylic acids is 2. The molecule has 1 saturated heterocycles. The standard InChI is InChI=1S/C15H16BrNO2/c1-9-2-7-12-13(8-9)15(19)17(14(12)18)11-5-3-10(16)4-6-11/h3-6,9,12-13H,2,7-8H2,1H3/t9-,12-,13+/m1/s1. The maximum atomic E-state index is 12.5. The zero-order valence-corrected chi connectivity index (χ0v) is 12.4. The Balaban J connectivity index is 1.93. The van der Waals surface area contributed by atoms with Crippen LogP contribution in [0.1, 0.15) is 26.2 Å². The number of nitrogens with zero attached hydrogens (tertiary/aromatic N) is 1. The maximum absolute atomic E-state index is 12.5. The molecular weight excluding hydrogens is 306 g/mol. The lowest BCUT2D eigenvalue weighted by molar-refractivity contribution is -0.122. The Morgan fingerprint density at radius 3 is 2.37 bits per heavy atom. The Kier molecular flexibility index (Phi) is 3.21. The van der Waals surface area contributed by atoms with Gasteiger partial charge in [0.2, 0.25) is 11.8 Å². The zero-order valence-electron chi connectivity index (χ0n) is 10.8. The molecule has 3 nitrogen and oxygen atoms in total. The minimum Gasteiger partial charge on any atom is -0.274 e. The van der Waals surface area contributed by atoms with Crippen LogP contribution in [0.2, 0.25) is 0 Å². The van der Waals surface area contributed by atoms with E-state index in [-0.39, 0.29) is 23.7 Å². The number of fused-ring (bicyclic) bond motifs is 1. The van der Waals surface area contributed by atoms with Crippen molar-refractivity contribution in [2.45, 2.75) is 26.2 Å². The highest BCUT2D eigenvalue weighted by molar-refractivity contribution is 9.10. The minimum absolute atomic E-state index is 0.00998. The van der Waals surface area contributed by atoms with E-state index >= 15 is 0 Å². The number of anilines is 1. The summed E-state index contributed by atoms with van der Waals surface area (Å²) in [5.74, 6) is 0.336. The molecule has 1 aromatic rings. The average Bonchev–Trinajstić information content (AvgIpc) is 2.63. The maximum Gasteiger partial charge on any atom is 0.237 e. The molecule has 100 valence electrons. The molecule has 1 aromatic carbocycles. The second-order valence-corrected chi connectivity index (χ2v) is 6.54. The van der Waals surface area contributed by atoms with Crippen molar-refractivity contribution in [2.75, 3.05) is 4.90 Å². The highest BCUT2D eigenvalue weighted by Crippen LogP contribution is 2.42. The van der Waals surface area contributed by atoms with E-state index in [0.717, 1.165) is 23.7 Å². The molecule has 2 fully saturated rings. The fourth-order valence-electron chi connectivity index (χ4n) is 3.23. The van der Waals surface area contributed by atoms with E-state index in [4.69, 9.17) is 0 Å². The molecule has 3 rings (SSSR count). The van der Waals surface area contributed by atoms with Crippen molar-refractivity contribution in [3.8, 4) is 0 Å². The van der Waals surface area contributed by atoms with Crippen LogP contribution >= 0.6 is 15.9 Å². The van der Waals surface area contributed by atoms with Crippen LogP contribution in [-0.4, -0.2) is 11.8 Å². The number of hydrogen-bond acceptors (Lipinski definition) is 2. The predicted octanol–water partition coefficient (Wildman–Crippen LogP) is 3.37. The van der Waals surface area contributed by atoms with Gasteiger partial charge in [-0.15, -0.1) is 0 Å². The fourth-order valence-corrected chi connectivity index (χ4v) is 3.50. The van der Waals surface area contributed by atoms with Crippen LogP contribution in [0.25, 0.3) is 0 Å². The van der Waals surface area contributed by atoms with E-state index in [1.54, 1.807) is 0 Å². The molecule has 2 aliphatic rings. The van der Waals surface area contributed by atoms with Crippen LogP contribution in [0, 0.1) is 17.8 Å². The molecule has 1 aliphatic carbocycles. The molecule has 0 bridgehead atoms. The second kappa shape index (κ2) is 4.75. The number of benzene rings is 1. The average molecular weight is 322 g/mol. The summed E-state index contributed by atoms with van der Waals surface area (Å²) in [6, 6.07) is 7.36. The molecule has 1 aliphatic heterocycles. The smallest absolute Gasteiger partial charge is 0.237 e. The third-order valence-corrected chi connectivity index (χ3v) is 4.80. The number of imide groups is 1. The van der Waals surface area contributed by atoms with Crippen molar-refractivity contribution in [1.82, 2.24) is 0 Å². The highest BCUT2D eigenvalue weighted by Gasteiger charge is 2.49. The van der Waals surface area contributed by atoms with Crippen LogP contribution in [0.5, 0.6) is 0 Å². The van der Waals surface area contributed by atoms with Gasteiger partial charge >= 0.3 is 0 Å². The molecule has 1 saturated carbocycles. The summed E-state index contributed by atoms with van der Waals surface area (Å²) in [7, 11) is 0. The Labute approximate surface area is 121 Å². The third kappa shape index (κ3) is 2.12. The lowest BCUT2D eigenvalue weighted by atomic mass is 9.76. The molecule has 0 spiro atoms. The van der Waals surface area contributed by atoms with Crippen LogP contribution in [0.3, 0.4) is 0 Å². The normalized spacial score (nSPS) is 30.6. The quantitative estimate of drug-likeness (QED) is 0.744. The fraction of sp³-hybridized carbons (Fsp3) is 0.467. The minimum atomic E-state index is -0.0973. The first-order valence-electron chi connectivity index (χ1n) is 6.71. The van der Waals surface area contributed by atoms with Crippen LogP contribution in [0.15, 0.2) is 28.7 Å². The summed E-state index contributed by atoms with van der Waals surface area (Å²) >= 11 is 3.36. The number of hydrogen-bond donors (Lipinski definition) is 0. The van der Waals surface area contributed by atoms with Gasteiger partial charge in [0.15, 0.2) is 0 Å². The van der Waals surface area contributed by atoms with Gasteiger partial charge in [-0.25, -0.2) is 0 Å². The molecule has 19 heavy (non-hydrogen) atoms. The van der Waals surface area contributed by atoms with Crippen LogP contribution < -0.4 is 4.90 Å².